The van der Waals surface area contributed by atoms with Crippen molar-refractivity contribution >= 4 is 29.9 Å². The monoisotopic (exact) mass is 343 g/mol. The summed E-state index contributed by atoms with van der Waals surface area (Å²) in [7, 11) is 1.54. The third kappa shape index (κ3) is 6.46. The molecule has 6 nitrogen and oxygen atoms in total. The average molecular weight is 344 g/mol. The molecule has 0 aliphatic heterocycles. The fourth-order valence-electron chi connectivity index (χ4n) is 2.13. The minimum Gasteiger partial charge on any atom is -0.495 e. The minimum absolute atomic E-state index is 0. The van der Waals surface area contributed by atoms with E-state index in [0.717, 1.165) is 6.42 Å². The van der Waals surface area contributed by atoms with Crippen LogP contribution in [0.2, 0.25) is 0 Å². The molecule has 0 bridgehead atoms. The zero-order valence-electron chi connectivity index (χ0n) is 13.9. The maximum atomic E-state index is 12.2. The van der Waals surface area contributed by atoms with Crippen LogP contribution in [-0.2, 0) is 9.59 Å². The second-order valence-electron chi connectivity index (χ2n) is 5.00. The van der Waals surface area contributed by atoms with Gasteiger partial charge in [-0.25, -0.2) is 0 Å². The van der Waals surface area contributed by atoms with Crippen molar-refractivity contribution in [1.82, 2.24) is 4.90 Å². The topological polar surface area (TPSA) is 84.7 Å². The molecule has 1 rings (SSSR count). The largest absolute Gasteiger partial charge is 0.495 e. The number of nitrogens with one attached hydrogen (secondary N) is 1. The zero-order chi connectivity index (χ0) is 16.5. The predicted molar refractivity (Wildman–Crippen MR) is 94.0 cm³/mol. The molecule has 1 aromatic rings. The third-order valence-corrected chi connectivity index (χ3v) is 3.33. The molecule has 0 heterocycles. The molecule has 0 saturated carbocycles. The van der Waals surface area contributed by atoms with Crippen LogP contribution >= 0.6 is 12.4 Å². The third-order valence-electron chi connectivity index (χ3n) is 3.33. The first-order valence-corrected chi connectivity index (χ1v) is 7.50. The summed E-state index contributed by atoms with van der Waals surface area (Å²) < 4.78 is 5.18. The van der Waals surface area contributed by atoms with Gasteiger partial charge < -0.3 is 20.7 Å². The smallest absolute Gasteiger partial charge is 0.244 e. The highest BCUT2D eigenvalue weighted by molar-refractivity contribution is 5.96. The summed E-state index contributed by atoms with van der Waals surface area (Å²) in [5.74, 6) is 0.107. The highest BCUT2D eigenvalue weighted by Crippen LogP contribution is 2.22. The van der Waals surface area contributed by atoms with Gasteiger partial charge in [0.25, 0.3) is 0 Å². The number of benzene rings is 1. The second-order valence-corrected chi connectivity index (χ2v) is 5.00. The number of para-hydroxylation sites is 2. The number of rotatable bonds is 8. The lowest BCUT2D eigenvalue weighted by atomic mass is 10.1. The molecule has 2 amide bonds. The van der Waals surface area contributed by atoms with Crippen molar-refractivity contribution in [3.05, 3.63) is 24.3 Å². The van der Waals surface area contributed by atoms with Crippen molar-refractivity contribution in [1.29, 1.82) is 0 Å². The fraction of sp³-hybridized carbons (Fsp3) is 0.500. The van der Waals surface area contributed by atoms with E-state index in [1.807, 2.05) is 19.9 Å². The summed E-state index contributed by atoms with van der Waals surface area (Å²) in [5, 5.41) is 2.75. The number of nitrogens with two attached hydrogens (primary N) is 1. The van der Waals surface area contributed by atoms with Crippen molar-refractivity contribution in [3.8, 4) is 5.75 Å². The molecule has 0 saturated heterocycles. The summed E-state index contributed by atoms with van der Waals surface area (Å²) >= 11 is 0. The standard InChI is InChI=1S/C16H25N3O3.ClH/c1-4-8-12(17)16(21)19(5-2)11-15(20)18-13-9-6-7-10-14(13)22-3;/h6-7,9-10,12H,4-5,8,11,17H2,1-3H3,(H,18,20);1H. The number of likely N-dealkylation sites (N-methyl/N-ethyl adjacent to an activating group) is 1. The summed E-state index contributed by atoms with van der Waals surface area (Å²) in [6.45, 7) is 4.21. The number of nitrogens with zero attached hydrogens (tertiary/aromatic N) is 1. The molecule has 23 heavy (non-hydrogen) atoms. The van der Waals surface area contributed by atoms with E-state index >= 15 is 0 Å². The zero-order valence-corrected chi connectivity index (χ0v) is 14.7. The average Bonchev–Trinajstić information content (AvgIpc) is 2.52. The van der Waals surface area contributed by atoms with Crippen LogP contribution in [0, 0.1) is 0 Å². The second kappa shape index (κ2) is 10.9. The predicted octanol–water partition coefficient (Wildman–Crippen LogP) is 2.03. The van der Waals surface area contributed by atoms with Crippen molar-refractivity contribution in [2.75, 3.05) is 25.5 Å². The highest BCUT2D eigenvalue weighted by atomic mass is 35.5. The Morgan fingerprint density at radius 1 is 1.30 bits per heavy atom. The Morgan fingerprint density at radius 3 is 2.52 bits per heavy atom. The van der Waals surface area contributed by atoms with E-state index in [2.05, 4.69) is 5.32 Å². The molecular formula is C16H26ClN3O3. The summed E-state index contributed by atoms with van der Waals surface area (Å²) in [6.07, 6.45) is 1.45. The number of halogens is 1. The maximum Gasteiger partial charge on any atom is 0.244 e. The molecule has 1 unspecified atom stereocenters. The van der Waals surface area contributed by atoms with Crippen LogP contribution in [0.3, 0.4) is 0 Å². The van der Waals surface area contributed by atoms with E-state index in [1.165, 1.54) is 12.0 Å². The van der Waals surface area contributed by atoms with Gasteiger partial charge in [-0.2, -0.15) is 0 Å². The first kappa shape index (κ1) is 21.2. The highest BCUT2D eigenvalue weighted by Gasteiger charge is 2.21. The quantitative estimate of drug-likeness (QED) is 0.756. The lowest BCUT2D eigenvalue weighted by Crippen LogP contribution is -2.46. The van der Waals surface area contributed by atoms with E-state index < -0.39 is 6.04 Å². The number of hydrogen-bond donors (Lipinski definition) is 2. The minimum atomic E-state index is -0.552. The molecule has 130 valence electrons. The number of carbonyl (C=O) groups excluding carboxylic acids is 2. The van der Waals surface area contributed by atoms with Crippen molar-refractivity contribution < 1.29 is 14.3 Å². The van der Waals surface area contributed by atoms with E-state index in [9.17, 15) is 9.59 Å². The number of ether oxygens (including phenoxy) is 1. The summed E-state index contributed by atoms with van der Waals surface area (Å²) in [4.78, 5) is 25.8. The van der Waals surface area contributed by atoms with Crippen LogP contribution in [-0.4, -0.2) is 43.0 Å². The van der Waals surface area contributed by atoms with Gasteiger partial charge >= 0.3 is 0 Å². The van der Waals surface area contributed by atoms with Crippen LogP contribution in [0.5, 0.6) is 5.75 Å². The lowest BCUT2D eigenvalue weighted by Gasteiger charge is -2.23. The van der Waals surface area contributed by atoms with Crippen molar-refractivity contribution in [3.63, 3.8) is 0 Å². The van der Waals surface area contributed by atoms with Crippen LogP contribution < -0.4 is 15.8 Å². The molecule has 1 aromatic carbocycles. The molecule has 1 atom stereocenters. The van der Waals surface area contributed by atoms with Gasteiger partial charge in [-0.05, 0) is 25.5 Å². The van der Waals surface area contributed by atoms with E-state index in [4.69, 9.17) is 10.5 Å². The Bertz CT molecular complexity index is 511. The molecule has 7 heteroatoms. The van der Waals surface area contributed by atoms with E-state index in [0.29, 0.717) is 24.4 Å². The Balaban J connectivity index is 0.00000484. The van der Waals surface area contributed by atoms with Gasteiger partial charge in [0.15, 0.2) is 0 Å². The maximum absolute atomic E-state index is 12.2. The normalized spacial score (nSPS) is 11.1. The van der Waals surface area contributed by atoms with Gasteiger partial charge in [0.1, 0.15) is 5.75 Å². The first-order valence-electron chi connectivity index (χ1n) is 7.50. The number of anilines is 1. The number of amides is 2. The van der Waals surface area contributed by atoms with Gasteiger partial charge in [-0.15, -0.1) is 12.4 Å². The van der Waals surface area contributed by atoms with E-state index in [1.54, 1.807) is 18.2 Å². The van der Waals surface area contributed by atoms with Gasteiger partial charge in [-0.1, -0.05) is 25.5 Å². The molecule has 0 fully saturated rings. The van der Waals surface area contributed by atoms with Gasteiger partial charge in [0.05, 0.1) is 25.4 Å². The summed E-state index contributed by atoms with van der Waals surface area (Å²) in [5.41, 5.74) is 6.42. The van der Waals surface area contributed by atoms with Crippen LogP contribution in [0.25, 0.3) is 0 Å². The van der Waals surface area contributed by atoms with Crippen LogP contribution in [0.15, 0.2) is 24.3 Å². The lowest BCUT2D eigenvalue weighted by molar-refractivity contribution is -0.135. The van der Waals surface area contributed by atoms with Gasteiger partial charge in [0, 0.05) is 6.54 Å². The van der Waals surface area contributed by atoms with Gasteiger partial charge in [0.2, 0.25) is 11.8 Å². The van der Waals surface area contributed by atoms with Crippen LogP contribution in [0.4, 0.5) is 5.69 Å². The molecule has 0 radical (unpaired) electrons. The number of hydrogen-bond acceptors (Lipinski definition) is 4. The Labute approximate surface area is 143 Å². The fourth-order valence-corrected chi connectivity index (χ4v) is 2.13. The molecule has 0 aromatic heterocycles. The molecule has 0 aliphatic rings. The Hall–Kier alpha value is -1.79. The summed E-state index contributed by atoms with van der Waals surface area (Å²) in [6, 6.07) is 6.58. The van der Waals surface area contributed by atoms with Gasteiger partial charge in [-0.3, -0.25) is 9.59 Å². The van der Waals surface area contributed by atoms with Crippen molar-refractivity contribution in [2.45, 2.75) is 32.7 Å². The molecule has 0 aliphatic carbocycles. The Kier molecular flexibility index (Phi) is 10.0. The molecule has 3 N–H and O–H groups in total. The first-order chi connectivity index (χ1) is 10.5. The van der Waals surface area contributed by atoms with Crippen molar-refractivity contribution in [2.24, 2.45) is 5.73 Å². The SMILES string of the molecule is CCCC(N)C(=O)N(CC)CC(=O)Nc1ccccc1OC.Cl. The Morgan fingerprint density at radius 2 is 1.96 bits per heavy atom. The molecule has 0 spiro atoms. The number of methoxy groups -OCH3 is 1. The van der Waals surface area contributed by atoms with Crippen LogP contribution in [0.1, 0.15) is 26.7 Å². The van der Waals surface area contributed by atoms with E-state index in [-0.39, 0.29) is 30.8 Å². The molecular weight excluding hydrogens is 318 g/mol. The number of carbonyl (C=O) groups is 2.